The topological polar surface area (TPSA) is 126 Å². The third-order valence-corrected chi connectivity index (χ3v) is 6.33. The average Bonchev–Trinajstić information content (AvgIpc) is 3.01. The van der Waals surface area contributed by atoms with Crippen LogP contribution < -0.4 is 0 Å². The lowest BCUT2D eigenvalue weighted by molar-refractivity contribution is -0.441. The summed E-state index contributed by atoms with van der Waals surface area (Å²) in [5.41, 5.74) is 0. The smallest absolute Gasteiger partial charge is 0.383 e. The first-order valence-electron chi connectivity index (χ1n) is 17.2. The van der Waals surface area contributed by atoms with Crippen molar-refractivity contribution in [2.24, 2.45) is 0 Å². The highest BCUT2D eigenvalue weighted by molar-refractivity contribution is 5.72. The van der Waals surface area contributed by atoms with Crippen LogP contribution in [-0.4, -0.2) is 89.3 Å². The number of hydrogen-bond donors (Lipinski definition) is 0. The molecule has 0 rings (SSSR count). The van der Waals surface area contributed by atoms with Crippen LogP contribution in [0.5, 0.6) is 0 Å². The normalized spacial score (nSPS) is 12.3. The van der Waals surface area contributed by atoms with Crippen LogP contribution in [0.15, 0.2) is 0 Å². The third-order valence-electron chi connectivity index (χ3n) is 6.33. The van der Waals surface area contributed by atoms with Crippen molar-refractivity contribution in [1.29, 1.82) is 0 Å². The number of carbonyl (C=O) groups excluding carboxylic acids is 2. The van der Waals surface area contributed by atoms with E-state index < -0.39 is 36.5 Å². The summed E-state index contributed by atoms with van der Waals surface area (Å²) in [6.07, 6.45) is 4.08. The summed E-state index contributed by atoms with van der Waals surface area (Å²) in [4.78, 5) is 26.4. The first-order chi connectivity index (χ1) is 21.8. The summed E-state index contributed by atoms with van der Waals surface area (Å²) < 4.78 is 59.0. The van der Waals surface area contributed by atoms with Crippen molar-refractivity contribution in [1.82, 2.24) is 0 Å². The number of hydrogen-bond acceptors (Lipinski definition) is 12. The van der Waals surface area contributed by atoms with Gasteiger partial charge in [0.1, 0.15) is 0 Å². The van der Waals surface area contributed by atoms with Gasteiger partial charge in [-0.2, -0.15) is 0 Å². The molecule has 0 bridgehead atoms. The monoisotopic (exact) mass is 652 g/mol. The SMILES string of the molecule is CCCCOC(OCCCC)(OC(=O)CCCC(=O)OC(OCCCC)(OCCCC)C(OCC)OCC)C(OCC)OCC. The largest absolute Gasteiger partial charge is 0.404 e. The molecule has 0 atom stereocenters. The Morgan fingerprint density at radius 1 is 0.444 bits per heavy atom. The molecule has 45 heavy (non-hydrogen) atoms. The van der Waals surface area contributed by atoms with E-state index >= 15 is 0 Å². The quantitative estimate of drug-likeness (QED) is 0.0440. The molecule has 0 aromatic carbocycles. The maximum absolute atomic E-state index is 13.2. The van der Waals surface area contributed by atoms with E-state index in [1.807, 2.05) is 55.4 Å². The Morgan fingerprint density at radius 2 is 0.711 bits per heavy atom. The Kier molecular flexibility index (Phi) is 26.9. The second-order valence-electron chi connectivity index (χ2n) is 10.3. The lowest BCUT2D eigenvalue weighted by atomic mass is 10.2. The van der Waals surface area contributed by atoms with Gasteiger partial charge in [0.15, 0.2) is 0 Å². The minimum atomic E-state index is -1.88. The summed E-state index contributed by atoms with van der Waals surface area (Å²) >= 11 is 0. The lowest BCUT2D eigenvalue weighted by Crippen LogP contribution is -2.54. The lowest BCUT2D eigenvalue weighted by Gasteiger charge is -2.38. The molecule has 12 nitrogen and oxygen atoms in total. The van der Waals surface area contributed by atoms with Crippen molar-refractivity contribution in [3.63, 3.8) is 0 Å². The Bertz CT molecular complexity index is 630. The first kappa shape index (κ1) is 43.6. The van der Waals surface area contributed by atoms with E-state index in [9.17, 15) is 9.59 Å². The van der Waals surface area contributed by atoms with Gasteiger partial charge in [0.05, 0.1) is 26.4 Å². The molecule has 0 aromatic heterocycles. The van der Waals surface area contributed by atoms with Crippen LogP contribution in [0.2, 0.25) is 0 Å². The second kappa shape index (κ2) is 27.7. The van der Waals surface area contributed by atoms with E-state index in [4.69, 9.17) is 47.4 Å². The van der Waals surface area contributed by atoms with E-state index in [1.165, 1.54) is 0 Å². The zero-order chi connectivity index (χ0) is 33.8. The van der Waals surface area contributed by atoms with Gasteiger partial charge in [0.25, 0.3) is 12.6 Å². The molecular formula is C33H64O12. The van der Waals surface area contributed by atoms with E-state index in [-0.39, 0.29) is 72.1 Å². The van der Waals surface area contributed by atoms with Gasteiger partial charge < -0.3 is 47.4 Å². The van der Waals surface area contributed by atoms with Crippen LogP contribution in [0.1, 0.15) is 126 Å². The number of carbonyl (C=O) groups is 2. The molecule has 0 spiro atoms. The molecule has 0 radical (unpaired) electrons. The standard InChI is InChI=1S/C33H64O12/c1-9-17-24-40-32(41-25-18-10-2,30(36-13-5)37-14-6)44-28(34)22-21-23-29(35)45-33(42-26-19-11-3,43-27-20-12-4)31(38-15-7)39-16-8/h30-31H,9-27H2,1-8H3. The van der Waals surface area contributed by atoms with E-state index in [1.54, 1.807) is 0 Å². The van der Waals surface area contributed by atoms with Gasteiger partial charge in [-0.15, -0.1) is 0 Å². The summed E-state index contributed by atoms with van der Waals surface area (Å²) in [5, 5.41) is 0. The molecular weight excluding hydrogens is 588 g/mol. The Balaban J connectivity index is 5.81. The van der Waals surface area contributed by atoms with Crippen LogP contribution in [-0.2, 0) is 57.0 Å². The molecule has 0 unspecified atom stereocenters. The van der Waals surface area contributed by atoms with Crippen molar-refractivity contribution < 1.29 is 57.0 Å². The molecule has 0 amide bonds. The van der Waals surface area contributed by atoms with Gasteiger partial charge in [-0.1, -0.05) is 53.4 Å². The highest BCUT2D eigenvalue weighted by atomic mass is 16.9. The van der Waals surface area contributed by atoms with Crippen molar-refractivity contribution in [3.05, 3.63) is 0 Å². The molecule has 0 aliphatic carbocycles. The third kappa shape index (κ3) is 17.9. The summed E-state index contributed by atoms with van der Waals surface area (Å²) in [6, 6.07) is 0. The average molecular weight is 653 g/mol. The van der Waals surface area contributed by atoms with Gasteiger partial charge in [0, 0.05) is 39.3 Å². The molecule has 0 saturated carbocycles. The van der Waals surface area contributed by atoms with Crippen LogP contribution in [0.3, 0.4) is 0 Å². The fourth-order valence-electron chi connectivity index (χ4n) is 3.91. The molecule has 0 fully saturated rings. The fourth-order valence-corrected chi connectivity index (χ4v) is 3.91. The maximum Gasteiger partial charge on any atom is 0.383 e. The van der Waals surface area contributed by atoms with Crippen LogP contribution in [0.25, 0.3) is 0 Å². The predicted octanol–water partition coefficient (Wildman–Crippen LogP) is 6.62. The molecule has 0 aliphatic rings. The van der Waals surface area contributed by atoms with Crippen LogP contribution in [0, 0.1) is 0 Å². The predicted molar refractivity (Wildman–Crippen MR) is 169 cm³/mol. The van der Waals surface area contributed by atoms with Crippen molar-refractivity contribution in [2.45, 2.75) is 151 Å². The van der Waals surface area contributed by atoms with Gasteiger partial charge in [0.2, 0.25) is 0 Å². The molecule has 268 valence electrons. The zero-order valence-electron chi connectivity index (χ0n) is 29.5. The Labute approximate surface area is 272 Å². The highest BCUT2D eigenvalue weighted by Gasteiger charge is 2.49. The van der Waals surface area contributed by atoms with Crippen molar-refractivity contribution in [3.8, 4) is 0 Å². The summed E-state index contributed by atoms with van der Waals surface area (Å²) in [7, 11) is 0. The van der Waals surface area contributed by atoms with Crippen LogP contribution >= 0.6 is 0 Å². The van der Waals surface area contributed by atoms with E-state index in [0.29, 0.717) is 0 Å². The summed E-state index contributed by atoms with van der Waals surface area (Å²) in [5.74, 6) is -5.03. The van der Waals surface area contributed by atoms with Gasteiger partial charge in [-0.25, -0.2) is 0 Å². The van der Waals surface area contributed by atoms with Gasteiger partial charge >= 0.3 is 23.9 Å². The van der Waals surface area contributed by atoms with E-state index in [2.05, 4.69) is 0 Å². The first-order valence-corrected chi connectivity index (χ1v) is 17.2. The highest BCUT2D eigenvalue weighted by Crippen LogP contribution is 2.29. The van der Waals surface area contributed by atoms with E-state index in [0.717, 1.165) is 51.4 Å². The number of unbranched alkanes of at least 4 members (excludes halogenated alkanes) is 4. The number of rotatable bonds is 32. The van der Waals surface area contributed by atoms with Crippen LogP contribution in [0.4, 0.5) is 0 Å². The minimum Gasteiger partial charge on any atom is -0.404 e. The molecule has 0 saturated heterocycles. The molecule has 12 heteroatoms. The number of ether oxygens (including phenoxy) is 10. The van der Waals surface area contributed by atoms with Gasteiger partial charge in [-0.3, -0.25) is 9.59 Å². The summed E-state index contributed by atoms with van der Waals surface area (Å²) in [6.45, 7) is 17.6. The van der Waals surface area contributed by atoms with Crippen molar-refractivity contribution in [2.75, 3.05) is 52.9 Å². The maximum atomic E-state index is 13.2. The minimum absolute atomic E-state index is 0.114. The number of esters is 2. The Hall–Kier alpha value is -1.38. The molecule has 0 aliphatic heterocycles. The second-order valence-corrected chi connectivity index (χ2v) is 10.3. The van der Waals surface area contributed by atoms with Gasteiger partial charge in [-0.05, 0) is 59.8 Å². The Morgan fingerprint density at radius 3 is 0.933 bits per heavy atom. The molecule has 0 N–H and O–H groups in total. The van der Waals surface area contributed by atoms with Crippen molar-refractivity contribution >= 4 is 11.9 Å². The zero-order valence-corrected chi connectivity index (χ0v) is 29.5. The fraction of sp³-hybridized carbons (Fsp3) is 0.939. The molecule has 0 aromatic rings. The molecule has 0 heterocycles.